The number of anilines is 2. The molecule has 0 bridgehead atoms. The molecule has 1 saturated heterocycles. The van der Waals surface area contributed by atoms with Crippen LogP contribution in [0.15, 0.2) is 18.3 Å². The summed E-state index contributed by atoms with van der Waals surface area (Å²) in [4.78, 5) is 12.8. The first-order valence-electron chi connectivity index (χ1n) is 9.37. The van der Waals surface area contributed by atoms with Crippen LogP contribution in [-0.4, -0.2) is 50.0 Å². The zero-order valence-corrected chi connectivity index (χ0v) is 16.8. The molecule has 3 heterocycles. The van der Waals surface area contributed by atoms with Crippen molar-refractivity contribution in [3.63, 3.8) is 0 Å². The lowest BCUT2D eigenvalue weighted by atomic mass is 10.1. The normalized spacial score (nSPS) is 19.8. The smallest absolute Gasteiger partial charge is 0.223 e. The van der Waals surface area contributed by atoms with Gasteiger partial charge >= 0.3 is 0 Å². The molecular formula is C19H22ClFN6O2. The molecule has 29 heavy (non-hydrogen) atoms. The first-order chi connectivity index (χ1) is 13.8. The van der Waals surface area contributed by atoms with Crippen molar-refractivity contribution in [2.75, 3.05) is 24.3 Å². The van der Waals surface area contributed by atoms with Crippen LogP contribution >= 0.6 is 11.6 Å². The largest absolute Gasteiger partial charge is 0.389 e. The van der Waals surface area contributed by atoms with Gasteiger partial charge in [0.1, 0.15) is 5.52 Å². The molecule has 1 aromatic carbocycles. The lowest BCUT2D eigenvalue weighted by Gasteiger charge is -2.28. The van der Waals surface area contributed by atoms with Crippen molar-refractivity contribution in [3.05, 3.63) is 29.2 Å². The minimum absolute atomic E-state index is 0.00255. The lowest BCUT2D eigenvalue weighted by molar-refractivity contribution is -0.0136. The average molecular weight is 421 g/mol. The maximum Gasteiger partial charge on any atom is 0.223 e. The van der Waals surface area contributed by atoms with Gasteiger partial charge in [0.05, 0.1) is 41.2 Å². The quantitative estimate of drug-likeness (QED) is 0.594. The monoisotopic (exact) mass is 420 g/mol. The number of ether oxygens (including phenoxy) is 1. The predicted molar refractivity (Wildman–Crippen MR) is 109 cm³/mol. The highest BCUT2D eigenvalue weighted by molar-refractivity contribution is 6.33. The van der Waals surface area contributed by atoms with E-state index in [-0.39, 0.29) is 35.2 Å². The Hall–Kier alpha value is -2.49. The molecule has 0 spiro atoms. The van der Waals surface area contributed by atoms with Crippen molar-refractivity contribution in [2.24, 2.45) is 0 Å². The van der Waals surface area contributed by atoms with Crippen molar-refractivity contribution < 1.29 is 14.2 Å². The summed E-state index contributed by atoms with van der Waals surface area (Å²) >= 11 is 6.32. The Kier molecular flexibility index (Phi) is 5.28. The fourth-order valence-corrected chi connectivity index (χ4v) is 3.75. The number of nitrogens with one attached hydrogen (secondary N) is 1. The van der Waals surface area contributed by atoms with Crippen LogP contribution in [0.1, 0.15) is 26.3 Å². The topological polar surface area (TPSA) is 111 Å². The molecule has 2 atom stereocenters. The minimum atomic E-state index is -0.663. The molecule has 0 aliphatic carbocycles. The average Bonchev–Trinajstić information content (AvgIpc) is 3.02. The van der Waals surface area contributed by atoms with Crippen LogP contribution in [0.3, 0.4) is 0 Å². The van der Waals surface area contributed by atoms with Gasteiger partial charge in [0.25, 0.3) is 0 Å². The van der Waals surface area contributed by atoms with Crippen LogP contribution in [-0.2, 0) is 4.74 Å². The van der Waals surface area contributed by atoms with E-state index < -0.39 is 11.9 Å². The van der Waals surface area contributed by atoms with E-state index in [1.54, 1.807) is 10.6 Å². The van der Waals surface area contributed by atoms with Gasteiger partial charge in [-0.3, -0.25) is 0 Å². The summed E-state index contributed by atoms with van der Waals surface area (Å²) in [6.45, 7) is 4.68. The van der Waals surface area contributed by atoms with Crippen molar-refractivity contribution in [1.82, 2.24) is 19.5 Å². The molecule has 4 N–H and O–H groups in total. The Morgan fingerprint density at radius 1 is 1.38 bits per heavy atom. The Morgan fingerprint density at radius 3 is 2.90 bits per heavy atom. The molecule has 8 nitrogen and oxygen atoms in total. The summed E-state index contributed by atoms with van der Waals surface area (Å²) in [5, 5.41) is 13.5. The number of aromatic nitrogens is 4. The third-order valence-electron chi connectivity index (χ3n) is 4.95. The highest BCUT2D eigenvalue weighted by atomic mass is 35.5. The fraction of sp³-hybridized carbons (Fsp3) is 0.421. The Balaban J connectivity index is 1.76. The first kappa shape index (κ1) is 19.8. The Bertz CT molecular complexity index is 1060. The number of nitrogens with two attached hydrogens (primary N) is 1. The van der Waals surface area contributed by atoms with Gasteiger partial charge in [-0.15, -0.1) is 0 Å². The number of rotatable bonds is 4. The number of nitrogen functional groups attached to an aromatic ring is 1. The van der Waals surface area contributed by atoms with Gasteiger partial charge < -0.3 is 25.5 Å². The molecule has 154 valence electrons. The van der Waals surface area contributed by atoms with Crippen molar-refractivity contribution in [3.8, 4) is 11.3 Å². The van der Waals surface area contributed by atoms with Gasteiger partial charge in [0, 0.05) is 18.2 Å². The highest BCUT2D eigenvalue weighted by Crippen LogP contribution is 2.33. The third kappa shape index (κ3) is 3.73. The van der Waals surface area contributed by atoms with E-state index in [9.17, 15) is 9.50 Å². The molecule has 10 heteroatoms. The maximum absolute atomic E-state index is 14.8. The van der Waals surface area contributed by atoms with E-state index in [1.807, 2.05) is 13.8 Å². The summed E-state index contributed by atoms with van der Waals surface area (Å²) in [7, 11) is 0. The van der Waals surface area contributed by atoms with Crippen LogP contribution < -0.4 is 11.1 Å². The van der Waals surface area contributed by atoms with E-state index in [1.165, 1.54) is 12.3 Å². The third-order valence-corrected chi connectivity index (χ3v) is 5.23. The number of benzene rings is 1. The number of fused-ring (bicyclic) bond motifs is 1. The fourth-order valence-electron chi connectivity index (χ4n) is 3.55. The van der Waals surface area contributed by atoms with Gasteiger partial charge in [-0.2, -0.15) is 0 Å². The van der Waals surface area contributed by atoms with Gasteiger partial charge in [-0.1, -0.05) is 11.6 Å². The molecular weight excluding hydrogens is 399 g/mol. The maximum atomic E-state index is 14.8. The molecule has 0 amide bonds. The van der Waals surface area contributed by atoms with E-state index >= 15 is 0 Å². The van der Waals surface area contributed by atoms with Crippen LogP contribution in [0.4, 0.5) is 16.3 Å². The number of hydrogen-bond acceptors (Lipinski definition) is 7. The SMILES string of the molecule is CC(C)n1c(N)nc2c(F)cc(-c3nc(N[C@@H]4CCOC[C@H]4O)ncc3Cl)cc21. The van der Waals surface area contributed by atoms with E-state index in [2.05, 4.69) is 20.3 Å². The number of hydrogen-bond donors (Lipinski definition) is 3. The molecule has 1 aliphatic rings. The van der Waals surface area contributed by atoms with Gasteiger partial charge in [0.15, 0.2) is 5.82 Å². The van der Waals surface area contributed by atoms with E-state index in [4.69, 9.17) is 22.1 Å². The second kappa shape index (κ2) is 7.74. The molecule has 4 rings (SSSR count). The standard InChI is InChI=1S/C19H22ClFN6O2/c1-9(2)27-14-6-10(5-12(21)17(14)25-18(27)22)16-11(20)7-23-19(26-16)24-13-3-4-29-8-15(13)28/h5-7,9,13,15,28H,3-4,8H2,1-2H3,(H2,22,25)(H,23,24,26)/t13-,15-/m1/s1. The molecule has 0 unspecified atom stereocenters. The van der Waals surface area contributed by atoms with Crippen LogP contribution in [0, 0.1) is 5.82 Å². The van der Waals surface area contributed by atoms with Crippen molar-refractivity contribution in [2.45, 2.75) is 38.5 Å². The Labute approximate surface area is 171 Å². The number of halogens is 2. The summed E-state index contributed by atoms with van der Waals surface area (Å²) in [5.74, 6) is 0.0380. The number of aliphatic hydroxyl groups is 1. The van der Waals surface area contributed by atoms with E-state index in [0.29, 0.717) is 35.8 Å². The van der Waals surface area contributed by atoms with Crippen LogP contribution in [0.25, 0.3) is 22.3 Å². The second-order valence-electron chi connectivity index (χ2n) is 7.33. The predicted octanol–water partition coefficient (Wildman–Crippen LogP) is 3.01. The van der Waals surface area contributed by atoms with Gasteiger partial charge in [-0.25, -0.2) is 19.3 Å². The number of aliphatic hydroxyl groups excluding tert-OH is 1. The first-order valence-corrected chi connectivity index (χ1v) is 9.75. The van der Waals surface area contributed by atoms with Gasteiger partial charge in [0.2, 0.25) is 11.9 Å². The van der Waals surface area contributed by atoms with E-state index in [0.717, 1.165) is 0 Å². The number of nitrogens with zero attached hydrogens (tertiary/aromatic N) is 4. The highest BCUT2D eigenvalue weighted by Gasteiger charge is 2.25. The summed E-state index contributed by atoms with van der Waals surface area (Å²) in [6, 6.07) is 2.87. The molecule has 1 aliphatic heterocycles. The summed E-state index contributed by atoms with van der Waals surface area (Å²) < 4.78 is 21.8. The zero-order chi connectivity index (χ0) is 20.7. The van der Waals surface area contributed by atoms with Crippen LogP contribution in [0.2, 0.25) is 5.02 Å². The van der Waals surface area contributed by atoms with Crippen molar-refractivity contribution in [1.29, 1.82) is 0 Å². The molecule has 0 radical (unpaired) electrons. The molecule has 2 aromatic heterocycles. The zero-order valence-electron chi connectivity index (χ0n) is 16.1. The summed E-state index contributed by atoms with van der Waals surface area (Å²) in [6.07, 6.45) is 1.41. The molecule has 3 aromatic rings. The second-order valence-corrected chi connectivity index (χ2v) is 7.74. The molecule has 0 saturated carbocycles. The van der Waals surface area contributed by atoms with Crippen molar-refractivity contribution >= 4 is 34.5 Å². The Morgan fingerprint density at radius 2 is 2.17 bits per heavy atom. The minimum Gasteiger partial charge on any atom is -0.389 e. The summed E-state index contributed by atoms with van der Waals surface area (Å²) in [5.41, 5.74) is 7.60. The van der Waals surface area contributed by atoms with Crippen LogP contribution in [0.5, 0.6) is 0 Å². The number of imidazole rings is 1. The lowest BCUT2D eigenvalue weighted by Crippen LogP contribution is -2.42. The van der Waals surface area contributed by atoms with Gasteiger partial charge in [-0.05, 0) is 32.4 Å². The molecule has 1 fully saturated rings.